The molecule has 1 N–H and O–H groups in total. The third-order valence-electron chi connectivity index (χ3n) is 3.01. The van der Waals surface area contributed by atoms with Gasteiger partial charge in [-0.3, -0.25) is 0 Å². The van der Waals surface area contributed by atoms with Crippen LogP contribution in [-0.4, -0.2) is 15.6 Å². The molecule has 0 spiro atoms. The van der Waals surface area contributed by atoms with E-state index >= 15 is 0 Å². The van der Waals surface area contributed by atoms with Crippen LogP contribution >= 0.6 is 11.8 Å². The lowest BCUT2D eigenvalue weighted by Crippen LogP contribution is -2.26. The van der Waals surface area contributed by atoms with Crippen molar-refractivity contribution in [2.24, 2.45) is 0 Å². The van der Waals surface area contributed by atoms with Gasteiger partial charge in [0.05, 0.1) is 6.10 Å². The van der Waals surface area contributed by atoms with Crippen molar-refractivity contribution in [3.63, 3.8) is 0 Å². The van der Waals surface area contributed by atoms with Gasteiger partial charge in [-0.2, -0.15) is 11.8 Å². The van der Waals surface area contributed by atoms with Gasteiger partial charge >= 0.3 is 0 Å². The Morgan fingerprint density at radius 3 is 2.60 bits per heavy atom. The van der Waals surface area contributed by atoms with Crippen molar-refractivity contribution in [2.75, 3.05) is 5.75 Å². The van der Waals surface area contributed by atoms with Gasteiger partial charge in [-0.05, 0) is 43.2 Å². The van der Waals surface area contributed by atoms with Gasteiger partial charge < -0.3 is 5.11 Å². The first kappa shape index (κ1) is 11.0. The summed E-state index contributed by atoms with van der Waals surface area (Å²) in [7, 11) is 0. The average molecular weight is 226 g/mol. The molecule has 82 valence electrons. The number of benzene rings is 1. The molecule has 2 unspecified atom stereocenters. The predicted octanol–water partition coefficient (Wildman–Crippen LogP) is 3.14. The first-order valence-electron chi connectivity index (χ1n) is 5.19. The van der Waals surface area contributed by atoms with Crippen LogP contribution in [0.2, 0.25) is 0 Å². The van der Waals surface area contributed by atoms with Crippen LogP contribution in [0.15, 0.2) is 24.3 Å². The largest absolute Gasteiger partial charge is 0.387 e. The predicted molar refractivity (Wildman–Crippen MR) is 61.5 cm³/mol. The molecular weight excluding hydrogens is 211 g/mol. The van der Waals surface area contributed by atoms with E-state index in [1.54, 1.807) is 12.1 Å². The number of aliphatic hydroxyl groups excluding tert-OH is 1. The molecule has 1 aromatic rings. The Hall–Kier alpha value is -0.540. The molecule has 1 aliphatic rings. The monoisotopic (exact) mass is 226 g/mol. The summed E-state index contributed by atoms with van der Waals surface area (Å²) in [6.45, 7) is 2.08. The molecule has 1 fully saturated rings. The van der Waals surface area contributed by atoms with Crippen LogP contribution in [0.5, 0.6) is 0 Å². The molecule has 1 heterocycles. The molecule has 3 heteroatoms. The first-order valence-corrected chi connectivity index (χ1v) is 6.18. The summed E-state index contributed by atoms with van der Waals surface area (Å²) in [6, 6.07) is 6.15. The number of aliphatic hydroxyl groups is 1. The molecule has 0 saturated carbocycles. The smallest absolute Gasteiger partial charge is 0.123 e. The van der Waals surface area contributed by atoms with Crippen LogP contribution in [0.25, 0.3) is 0 Å². The number of thioether (sulfide) groups is 1. The lowest BCUT2D eigenvalue weighted by Gasteiger charge is -2.29. The third kappa shape index (κ3) is 2.18. The molecule has 1 nitrogen and oxygen atoms in total. The summed E-state index contributed by atoms with van der Waals surface area (Å²) in [5, 5.41) is 10.2. The standard InChI is InChI=1S/C12H15FOS/c1-12(7-2-8-15-12)11(14)9-3-5-10(13)6-4-9/h3-6,11,14H,2,7-8H2,1H3. The maximum Gasteiger partial charge on any atom is 0.123 e. The van der Waals surface area contributed by atoms with Crippen molar-refractivity contribution in [1.82, 2.24) is 0 Å². The Kier molecular flexibility index (Phi) is 3.03. The highest BCUT2D eigenvalue weighted by Gasteiger charge is 2.37. The number of halogens is 1. The Balaban J connectivity index is 2.19. The van der Waals surface area contributed by atoms with Crippen molar-refractivity contribution in [3.05, 3.63) is 35.6 Å². The van der Waals surface area contributed by atoms with Gasteiger partial charge in [0, 0.05) is 4.75 Å². The third-order valence-corrected chi connectivity index (χ3v) is 4.59. The molecule has 1 aliphatic heterocycles. The van der Waals surface area contributed by atoms with Gasteiger partial charge in [0.15, 0.2) is 0 Å². The number of hydrogen-bond acceptors (Lipinski definition) is 2. The second-order valence-corrected chi connectivity index (χ2v) is 5.85. The summed E-state index contributed by atoms with van der Waals surface area (Å²) in [6.07, 6.45) is 1.68. The van der Waals surface area contributed by atoms with Crippen molar-refractivity contribution in [3.8, 4) is 0 Å². The van der Waals surface area contributed by atoms with E-state index in [4.69, 9.17) is 0 Å². The molecule has 2 rings (SSSR count). The van der Waals surface area contributed by atoms with E-state index < -0.39 is 6.10 Å². The van der Waals surface area contributed by atoms with Crippen molar-refractivity contribution in [1.29, 1.82) is 0 Å². The van der Waals surface area contributed by atoms with E-state index in [1.165, 1.54) is 12.1 Å². The highest BCUT2D eigenvalue weighted by Crippen LogP contribution is 2.46. The maximum absolute atomic E-state index is 12.7. The van der Waals surface area contributed by atoms with Crippen molar-refractivity contribution < 1.29 is 9.50 Å². The topological polar surface area (TPSA) is 20.2 Å². The van der Waals surface area contributed by atoms with Gasteiger partial charge in [-0.25, -0.2) is 4.39 Å². The molecular formula is C12H15FOS. The van der Waals surface area contributed by atoms with Gasteiger partial charge in [-0.1, -0.05) is 12.1 Å². The molecule has 1 saturated heterocycles. The minimum Gasteiger partial charge on any atom is -0.387 e. The average Bonchev–Trinajstić information content (AvgIpc) is 2.67. The van der Waals surface area contributed by atoms with Gasteiger partial charge in [-0.15, -0.1) is 0 Å². The van der Waals surface area contributed by atoms with E-state index in [9.17, 15) is 9.50 Å². The van der Waals surface area contributed by atoms with E-state index in [0.717, 1.165) is 24.2 Å². The zero-order chi connectivity index (χ0) is 10.9. The summed E-state index contributed by atoms with van der Waals surface area (Å²) < 4.78 is 12.6. The quantitative estimate of drug-likeness (QED) is 0.836. The zero-order valence-electron chi connectivity index (χ0n) is 8.74. The Morgan fingerprint density at radius 1 is 1.40 bits per heavy atom. The summed E-state index contributed by atoms with van der Waals surface area (Å²) in [5.74, 6) is 0.851. The first-order chi connectivity index (χ1) is 7.12. The molecule has 0 aliphatic carbocycles. The lowest BCUT2D eigenvalue weighted by molar-refractivity contribution is 0.135. The molecule has 0 aromatic heterocycles. The molecule has 0 bridgehead atoms. The fraction of sp³-hybridized carbons (Fsp3) is 0.500. The molecule has 2 atom stereocenters. The van der Waals surface area contributed by atoms with E-state index in [0.29, 0.717) is 0 Å². The van der Waals surface area contributed by atoms with Gasteiger partial charge in [0.2, 0.25) is 0 Å². The second kappa shape index (κ2) is 4.14. The molecule has 15 heavy (non-hydrogen) atoms. The van der Waals surface area contributed by atoms with E-state index in [1.807, 2.05) is 11.8 Å². The number of rotatable bonds is 2. The van der Waals surface area contributed by atoms with E-state index in [2.05, 4.69) is 6.92 Å². The van der Waals surface area contributed by atoms with Crippen LogP contribution in [-0.2, 0) is 0 Å². The Morgan fingerprint density at radius 2 is 2.07 bits per heavy atom. The van der Waals surface area contributed by atoms with Crippen LogP contribution in [0.1, 0.15) is 31.4 Å². The zero-order valence-corrected chi connectivity index (χ0v) is 9.56. The molecule has 0 amide bonds. The highest BCUT2D eigenvalue weighted by molar-refractivity contribution is 8.00. The highest BCUT2D eigenvalue weighted by atomic mass is 32.2. The Bertz CT molecular complexity index is 330. The normalized spacial score (nSPS) is 27.9. The van der Waals surface area contributed by atoms with Gasteiger partial charge in [0.1, 0.15) is 5.82 Å². The minimum atomic E-state index is -0.495. The second-order valence-electron chi connectivity index (χ2n) is 4.22. The van der Waals surface area contributed by atoms with Crippen LogP contribution < -0.4 is 0 Å². The van der Waals surface area contributed by atoms with Crippen molar-refractivity contribution in [2.45, 2.75) is 30.6 Å². The van der Waals surface area contributed by atoms with E-state index in [-0.39, 0.29) is 10.6 Å². The van der Waals surface area contributed by atoms with Gasteiger partial charge in [0.25, 0.3) is 0 Å². The summed E-state index contributed by atoms with van der Waals surface area (Å²) in [5.41, 5.74) is 0.813. The summed E-state index contributed by atoms with van der Waals surface area (Å²) in [4.78, 5) is 0. The summed E-state index contributed by atoms with van der Waals surface area (Å²) >= 11 is 1.81. The van der Waals surface area contributed by atoms with Crippen LogP contribution in [0, 0.1) is 5.82 Å². The van der Waals surface area contributed by atoms with Crippen LogP contribution in [0.3, 0.4) is 0 Å². The molecule has 0 radical (unpaired) electrons. The lowest BCUT2D eigenvalue weighted by atomic mass is 9.93. The fourth-order valence-electron chi connectivity index (χ4n) is 2.01. The Labute approximate surface area is 93.7 Å². The minimum absolute atomic E-state index is 0.0994. The van der Waals surface area contributed by atoms with Crippen molar-refractivity contribution >= 4 is 11.8 Å². The van der Waals surface area contributed by atoms with Crippen LogP contribution in [0.4, 0.5) is 4.39 Å². The fourth-order valence-corrected chi connectivity index (χ4v) is 3.35. The molecule has 1 aromatic carbocycles. The maximum atomic E-state index is 12.7. The number of hydrogen-bond donors (Lipinski definition) is 1. The SMILES string of the molecule is CC1(C(O)c2ccc(F)cc2)CCCS1.